The highest BCUT2D eigenvalue weighted by Gasteiger charge is 2.23. The molecule has 3 nitrogen and oxygen atoms in total. The third-order valence-electron chi connectivity index (χ3n) is 25.1. The van der Waals surface area contributed by atoms with Gasteiger partial charge in [0.25, 0.3) is 0 Å². The maximum Gasteiger partial charge on any atom is 0.0540 e. The third-order valence-corrected chi connectivity index (χ3v) is 25.1. The van der Waals surface area contributed by atoms with E-state index in [1.165, 1.54) is 166 Å². The smallest absolute Gasteiger partial charge is 0.0540 e. The van der Waals surface area contributed by atoms with E-state index in [-0.39, 0.29) is 0 Å². The minimum atomic E-state index is 1.09. The second-order valence-electron chi connectivity index (χ2n) is 33.5. The quantitative estimate of drug-likeness (QED) is 0.0747. The van der Waals surface area contributed by atoms with Gasteiger partial charge < -0.3 is 14.7 Å². The van der Waals surface area contributed by atoms with Crippen LogP contribution in [-0.2, 0) is 0 Å². The summed E-state index contributed by atoms with van der Waals surface area (Å²) in [6.45, 7) is 0. The van der Waals surface area contributed by atoms with E-state index in [2.05, 4.69) is 579 Å². The fourth-order valence-electron chi connectivity index (χ4n) is 18.4. The Bertz CT molecular complexity index is 7430. The Balaban J connectivity index is 0.000000121. The number of benzene rings is 23. The average Bonchev–Trinajstić information content (AvgIpc) is 0.756. The summed E-state index contributed by atoms with van der Waals surface area (Å²) in [5.41, 5.74) is 33.9. The summed E-state index contributed by atoms with van der Waals surface area (Å²) in [7, 11) is 0. The predicted molar refractivity (Wildman–Crippen MR) is 568 cm³/mol. The molecule has 0 saturated carbocycles. The molecule has 3 heteroatoms. The van der Waals surface area contributed by atoms with E-state index in [0.717, 1.165) is 39.8 Å². The first-order valence-electron chi connectivity index (χ1n) is 45.6. The number of fused-ring (bicyclic) bond motifs is 5. The molecule has 0 aliphatic carbocycles. The van der Waals surface area contributed by atoms with Crippen molar-refractivity contribution >= 4 is 94.3 Å². The summed E-state index contributed by atoms with van der Waals surface area (Å²) in [6.07, 6.45) is 0. The lowest BCUT2D eigenvalue weighted by atomic mass is 9.95. The highest BCUT2D eigenvalue weighted by molar-refractivity contribution is 6.09. The molecule has 628 valence electrons. The highest BCUT2D eigenvalue weighted by Crippen LogP contribution is 2.48. The molecule has 23 rings (SSSR count). The topological polar surface area (TPSA) is 9.72 Å². The Morgan fingerprint density at radius 3 is 0.579 bits per heavy atom. The van der Waals surface area contributed by atoms with Crippen LogP contribution in [0.4, 0.5) is 51.2 Å². The van der Waals surface area contributed by atoms with Gasteiger partial charge in [-0.15, -0.1) is 0 Å². The van der Waals surface area contributed by atoms with Crippen molar-refractivity contribution < 1.29 is 0 Å². The summed E-state index contributed by atoms with van der Waals surface area (Å²) in [4.78, 5) is 7.18. The first-order chi connectivity index (χ1) is 65.9. The number of hydrogen-bond acceptors (Lipinski definition) is 3. The van der Waals surface area contributed by atoms with Gasteiger partial charge in [-0.05, 0) is 265 Å². The molecule has 0 bridgehead atoms. The maximum absolute atomic E-state index is 2.41. The molecule has 0 saturated heterocycles. The van der Waals surface area contributed by atoms with Crippen LogP contribution in [0.2, 0.25) is 0 Å². The minimum absolute atomic E-state index is 1.09. The molecule has 0 aliphatic heterocycles. The summed E-state index contributed by atoms with van der Waals surface area (Å²) < 4.78 is 0. The van der Waals surface area contributed by atoms with E-state index in [9.17, 15) is 0 Å². The van der Waals surface area contributed by atoms with E-state index in [4.69, 9.17) is 0 Å². The monoisotopic (exact) mass is 1700 g/mol. The van der Waals surface area contributed by atoms with Crippen molar-refractivity contribution in [1.82, 2.24) is 0 Å². The molecular weight excluding hydrogens is 1600 g/mol. The molecule has 0 heterocycles. The van der Waals surface area contributed by atoms with Crippen molar-refractivity contribution in [3.05, 3.63) is 564 Å². The minimum Gasteiger partial charge on any atom is -0.310 e. The Labute approximate surface area is 778 Å². The van der Waals surface area contributed by atoms with Gasteiger partial charge in [-0.1, -0.05) is 443 Å². The molecule has 23 aromatic carbocycles. The Morgan fingerprint density at radius 1 is 0.0902 bits per heavy atom. The fourth-order valence-corrected chi connectivity index (χ4v) is 18.4. The van der Waals surface area contributed by atoms with Crippen LogP contribution in [-0.4, -0.2) is 0 Å². The zero-order chi connectivity index (χ0) is 88.9. The molecule has 0 unspecified atom stereocenters. The van der Waals surface area contributed by atoms with Gasteiger partial charge in [-0.2, -0.15) is 0 Å². The van der Waals surface area contributed by atoms with Crippen molar-refractivity contribution in [3.8, 4) is 111 Å². The summed E-state index contributed by atoms with van der Waals surface area (Å²) in [6, 6.07) is 203. The first kappa shape index (κ1) is 82.5. The standard InChI is InChI=1S/C48H35N.C42H31N.C40H27N/c1-6-16-36(17-7-1)41-26-28-46(29-27-41)49(47-32-42(37-18-8-2-9-19-37)30-43(33-47)38-20-10-3-11-21-38)48-34-44(39-22-12-4-13-23-39)31-45(35-48)40-24-14-5-15-25-40;1-5-13-32(14-6-1)36-21-25-40(26-22-36)43(41-27-23-37(24-28-41)33-15-7-2-8-16-33)42-30-38(34-17-9-3-10-18-34)29-39(31-42)35-19-11-4-12-20-35;1-4-14-35-31(11-1)19-20-33-27-32(23-26-36(33)35)28-21-24-34(25-22-28)41(39-17-7-12-29-9-2-5-15-37(29)39)40-18-8-13-30-10-3-6-16-38(30)40/h1-35H;1-31H;1-27H. The zero-order valence-corrected chi connectivity index (χ0v) is 73.5. The van der Waals surface area contributed by atoms with E-state index in [0.29, 0.717) is 0 Å². The third kappa shape index (κ3) is 18.3. The van der Waals surface area contributed by atoms with Crippen LogP contribution in [0.3, 0.4) is 0 Å². The van der Waals surface area contributed by atoms with E-state index >= 15 is 0 Å². The molecule has 0 aliphatic rings. The molecule has 23 aromatic rings. The lowest BCUT2D eigenvalue weighted by Crippen LogP contribution is -2.11. The maximum atomic E-state index is 2.41. The Morgan fingerprint density at radius 2 is 0.286 bits per heavy atom. The van der Waals surface area contributed by atoms with Gasteiger partial charge in [-0.3, -0.25) is 0 Å². The van der Waals surface area contributed by atoms with Gasteiger partial charge in [0.15, 0.2) is 0 Å². The number of hydrogen-bond donors (Lipinski definition) is 0. The lowest BCUT2D eigenvalue weighted by Gasteiger charge is -2.28. The molecule has 133 heavy (non-hydrogen) atoms. The second-order valence-corrected chi connectivity index (χ2v) is 33.5. The van der Waals surface area contributed by atoms with Crippen molar-refractivity contribution in [2.24, 2.45) is 0 Å². The first-order valence-corrected chi connectivity index (χ1v) is 45.6. The molecule has 0 spiro atoms. The van der Waals surface area contributed by atoms with Gasteiger partial charge in [-0.25, -0.2) is 0 Å². The number of rotatable bonds is 19. The van der Waals surface area contributed by atoms with Crippen molar-refractivity contribution in [2.75, 3.05) is 14.7 Å². The van der Waals surface area contributed by atoms with Gasteiger partial charge >= 0.3 is 0 Å². The van der Waals surface area contributed by atoms with Crippen LogP contribution in [0, 0.1) is 0 Å². The fraction of sp³-hybridized carbons (Fsp3) is 0. The van der Waals surface area contributed by atoms with Crippen molar-refractivity contribution in [3.63, 3.8) is 0 Å². The van der Waals surface area contributed by atoms with Gasteiger partial charge in [0.2, 0.25) is 0 Å². The summed E-state index contributed by atoms with van der Waals surface area (Å²) in [5, 5.41) is 10.1. The van der Waals surface area contributed by atoms with Crippen LogP contribution in [0.5, 0.6) is 0 Å². The average molecular weight is 1700 g/mol. The molecule has 0 amide bonds. The lowest BCUT2D eigenvalue weighted by molar-refractivity contribution is 1.28. The Hall–Kier alpha value is -17.5. The SMILES string of the molecule is c1ccc(-c2ccc(N(c3cc(-c4ccccc4)cc(-c4ccccc4)c3)c3cc(-c4ccccc4)cc(-c4ccccc4)c3)cc2)cc1.c1ccc(-c2ccc(N(c3ccc(-c4ccccc4)cc3)c3cc(-c4ccccc4)cc(-c4ccccc4)c3)cc2)cc1.c1ccc2c(N(c3ccc(-c4ccc5c(ccc6ccccc65)c4)cc3)c3cccc4ccccc34)cccc2c1. The molecule has 0 aromatic heterocycles. The molecule has 0 atom stereocenters. The van der Waals surface area contributed by atoms with Crippen LogP contribution in [0.25, 0.3) is 154 Å². The zero-order valence-electron chi connectivity index (χ0n) is 73.5. The van der Waals surface area contributed by atoms with E-state index in [1.54, 1.807) is 0 Å². The van der Waals surface area contributed by atoms with Gasteiger partial charge in [0.1, 0.15) is 0 Å². The number of nitrogens with zero attached hydrogens (tertiary/aromatic N) is 3. The van der Waals surface area contributed by atoms with Gasteiger partial charge in [0, 0.05) is 50.6 Å². The number of anilines is 9. The van der Waals surface area contributed by atoms with E-state index in [1.807, 2.05) is 0 Å². The van der Waals surface area contributed by atoms with Crippen LogP contribution in [0.15, 0.2) is 564 Å². The predicted octanol–water partition coefficient (Wildman–Crippen LogP) is 36.8. The van der Waals surface area contributed by atoms with Gasteiger partial charge in [0.05, 0.1) is 11.4 Å². The summed E-state index contributed by atoms with van der Waals surface area (Å²) >= 11 is 0. The molecule has 0 radical (unpaired) electrons. The van der Waals surface area contributed by atoms with Crippen LogP contribution in [0.1, 0.15) is 0 Å². The van der Waals surface area contributed by atoms with Crippen molar-refractivity contribution in [2.45, 2.75) is 0 Å². The highest BCUT2D eigenvalue weighted by atomic mass is 15.2. The largest absolute Gasteiger partial charge is 0.310 e. The van der Waals surface area contributed by atoms with Crippen LogP contribution < -0.4 is 14.7 Å². The second kappa shape index (κ2) is 38.6. The molecular formula is C130H93N3. The summed E-state index contributed by atoms with van der Waals surface area (Å²) in [5.74, 6) is 0. The normalized spacial score (nSPS) is 11.0. The van der Waals surface area contributed by atoms with E-state index < -0.39 is 0 Å². The Kier molecular flexibility index (Phi) is 23.9. The van der Waals surface area contributed by atoms with Crippen LogP contribution >= 0.6 is 0 Å². The van der Waals surface area contributed by atoms with Crippen molar-refractivity contribution in [1.29, 1.82) is 0 Å². The molecule has 0 N–H and O–H groups in total. The molecule has 0 fully saturated rings.